The fourth-order valence-corrected chi connectivity index (χ4v) is 6.77. The molecule has 41 heavy (non-hydrogen) atoms. The third-order valence-corrected chi connectivity index (χ3v) is 9.05. The summed E-state index contributed by atoms with van der Waals surface area (Å²) in [5, 5.41) is 6.52. The topological polar surface area (TPSA) is 72.9 Å². The van der Waals surface area contributed by atoms with Crippen molar-refractivity contribution in [2.75, 3.05) is 31.6 Å². The molecule has 0 bridgehead atoms. The number of anilines is 1. The number of esters is 1. The Morgan fingerprint density at radius 2 is 1.98 bits per heavy atom. The number of rotatable bonds is 7. The number of hydrogen-bond donors (Lipinski definition) is 1. The quantitative estimate of drug-likeness (QED) is 0.338. The van der Waals surface area contributed by atoms with E-state index in [1.54, 1.807) is 18.4 Å². The standard InChI is InChI=1S/C33H43N3O4S/c1-20-8-9-29(39-18-23-15-21(2)27-16-34-12-10-24(27)22(23)3)26(14-20)28-19-41-32(35-28)36-13-11-25(30(17-36)38-7)31(37)40-33(4,5)6/h8-9,14-15,19,25,30,34H,10-13,16-18H2,1-7H3/t25-,30+/m1/s1. The van der Waals surface area contributed by atoms with Crippen molar-refractivity contribution in [2.24, 2.45) is 5.92 Å². The Balaban J connectivity index is 1.32. The predicted molar refractivity (Wildman–Crippen MR) is 165 cm³/mol. The molecule has 0 amide bonds. The number of methoxy groups -OCH3 is 1. The van der Waals surface area contributed by atoms with Gasteiger partial charge in [0.25, 0.3) is 0 Å². The van der Waals surface area contributed by atoms with Gasteiger partial charge in [0.05, 0.1) is 17.7 Å². The molecular weight excluding hydrogens is 534 g/mol. The molecule has 0 aliphatic carbocycles. The summed E-state index contributed by atoms with van der Waals surface area (Å²) in [6.07, 6.45) is 1.48. The highest BCUT2D eigenvalue weighted by Gasteiger charge is 2.38. The van der Waals surface area contributed by atoms with Crippen molar-refractivity contribution in [3.8, 4) is 17.0 Å². The first-order valence-corrected chi connectivity index (χ1v) is 15.4. The van der Waals surface area contributed by atoms with Crippen LogP contribution in [-0.2, 0) is 33.8 Å². The highest BCUT2D eigenvalue weighted by Crippen LogP contribution is 2.37. The first-order valence-electron chi connectivity index (χ1n) is 14.6. The molecule has 1 N–H and O–H groups in total. The summed E-state index contributed by atoms with van der Waals surface area (Å²) in [4.78, 5) is 20.1. The zero-order valence-electron chi connectivity index (χ0n) is 25.4. The van der Waals surface area contributed by atoms with E-state index in [1.807, 2.05) is 20.8 Å². The van der Waals surface area contributed by atoms with Crippen LogP contribution in [0.3, 0.4) is 0 Å². The van der Waals surface area contributed by atoms with Gasteiger partial charge < -0.3 is 24.4 Å². The number of benzene rings is 2. The van der Waals surface area contributed by atoms with E-state index >= 15 is 0 Å². The minimum atomic E-state index is -0.515. The van der Waals surface area contributed by atoms with E-state index in [2.05, 4.69) is 60.6 Å². The lowest BCUT2D eigenvalue weighted by molar-refractivity contribution is -0.165. The molecule has 3 aromatic rings. The zero-order valence-corrected chi connectivity index (χ0v) is 26.2. The second-order valence-electron chi connectivity index (χ2n) is 12.3. The van der Waals surface area contributed by atoms with E-state index in [0.29, 0.717) is 19.6 Å². The molecule has 1 saturated heterocycles. The molecule has 220 valence electrons. The molecule has 1 fully saturated rings. The Morgan fingerprint density at radius 3 is 2.73 bits per heavy atom. The summed E-state index contributed by atoms with van der Waals surface area (Å²) in [5.74, 6) is 0.368. The highest BCUT2D eigenvalue weighted by atomic mass is 32.1. The average molecular weight is 578 g/mol. The van der Waals surface area contributed by atoms with Crippen LogP contribution in [0.15, 0.2) is 29.6 Å². The van der Waals surface area contributed by atoms with Gasteiger partial charge in [-0.15, -0.1) is 11.3 Å². The summed E-state index contributed by atoms with van der Waals surface area (Å²) >= 11 is 1.61. The number of aromatic nitrogens is 1. The number of thiazole rings is 1. The third-order valence-electron chi connectivity index (χ3n) is 8.15. The molecule has 0 spiro atoms. The van der Waals surface area contributed by atoms with Crippen LogP contribution in [-0.4, -0.2) is 49.4 Å². The number of nitrogens with zero attached hydrogens (tertiary/aromatic N) is 2. The Kier molecular flexibility index (Phi) is 8.73. The Labute approximate surface area is 248 Å². The molecule has 1 aromatic heterocycles. The van der Waals surface area contributed by atoms with Gasteiger partial charge in [-0.3, -0.25) is 4.79 Å². The molecule has 5 rings (SSSR count). The Morgan fingerprint density at radius 1 is 1.17 bits per heavy atom. The molecule has 2 aliphatic heterocycles. The van der Waals surface area contributed by atoms with Crippen LogP contribution >= 0.6 is 11.3 Å². The molecule has 2 aromatic carbocycles. The number of piperidine rings is 1. The molecule has 0 unspecified atom stereocenters. The zero-order chi connectivity index (χ0) is 29.3. The summed E-state index contributed by atoms with van der Waals surface area (Å²) in [6, 6.07) is 8.58. The molecule has 7 nitrogen and oxygen atoms in total. The predicted octanol–water partition coefficient (Wildman–Crippen LogP) is 6.14. The van der Waals surface area contributed by atoms with Crippen molar-refractivity contribution < 1.29 is 19.0 Å². The summed E-state index contributed by atoms with van der Waals surface area (Å²) < 4.78 is 17.9. The van der Waals surface area contributed by atoms with Gasteiger partial charge in [0.1, 0.15) is 18.0 Å². The number of nitrogens with one attached hydrogen (secondary N) is 1. The summed E-state index contributed by atoms with van der Waals surface area (Å²) in [6.45, 7) is 16.0. The Hall–Kier alpha value is -2.94. The smallest absolute Gasteiger partial charge is 0.312 e. The molecule has 0 saturated carbocycles. The van der Waals surface area contributed by atoms with Gasteiger partial charge in [-0.2, -0.15) is 0 Å². The fourth-order valence-electron chi connectivity index (χ4n) is 5.91. The van der Waals surface area contributed by atoms with Gasteiger partial charge in [-0.05, 0) is 101 Å². The first kappa shape index (κ1) is 29.5. The third kappa shape index (κ3) is 6.60. The number of carbonyl (C=O) groups is 1. The maximum Gasteiger partial charge on any atom is 0.312 e. The minimum absolute atomic E-state index is 0.189. The van der Waals surface area contributed by atoms with Gasteiger partial charge in [-0.25, -0.2) is 4.98 Å². The number of hydrogen-bond acceptors (Lipinski definition) is 8. The van der Waals surface area contributed by atoms with Gasteiger partial charge >= 0.3 is 5.97 Å². The van der Waals surface area contributed by atoms with Crippen LogP contribution in [0.1, 0.15) is 60.6 Å². The van der Waals surface area contributed by atoms with Crippen molar-refractivity contribution in [1.29, 1.82) is 0 Å². The Bertz CT molecular complexity index is 1410. The summed E-state index contributed by atoms with van der Waals surface area (Å²) in [5.41, 5.74) is 9.37. The average Bonchev–Trinajstić information content (AvgIpc) is 3.44. The van der Waals surface area contributed by atoms with Crippen LogP contribution in [0.2, 0.25) is 0 Å². The van der Waals surface area contributed by atoms with Crippen LogP contribution in [0.25, 0.3) is 11.3 Å². The van der Waals surface area contributed by atoms with E-state index in [1.165, 1.54) is 27.8 Å². The van der Waals surface area contributed by atoms with Gasteiger partial charge in [0, 0.05) is 37.7 Å². The maximum absolute atomic E-state index is 12.8. The van der Waals surface area contributed by atoms with Crippen LogP contribution in [0.5, 0.6) is 5.75 Å². The van der Waals surface area contributed by atoms with Crippen molar-refractivity contribution in [2.45, 2.75) is 79.2 Å². The monoisotopic (exact) mass is 577 g/mol. The van der Waals surface area contributed by atoms with Crippen LogP contribution in [0, 0.1) is 26.7 Å². The van der Waals surface area contributed by atoms with E-state index < -0.39 is 5.60 Å². The number of aryl methyl sites for hydroxylation is 2. The summed E-state index contributed by atoms with van der Waals surface area (Å²) in [7, 11) is 1.66. The van der Waals surface area contributed by atoms with Gasteiger partial charge in [0.15, 0.2) is 5.13 Å². The lowest BCUT2D eigenvalue weighted by atomic mass is 9.89. The van der Waals surface area contributed by atoms with Crippen LogP contribution < -0.4 is 15.0 Å². The molecule has 8 heteroatoms. The van der Waals surface area contributed by atoms with Crippen molar-refractivity contribution in [1.82, 2.24) is 10.3 Å². The lowest BCUT2D eigenvalue weighted by Crippen LogP contribution is -2.49. The SMILES string of the molecule is CO[C@H]1CN(c2nc(-c3cc(C)ccc3OCc3cc(C)c4c(c3C)CCNC4)cs2)CC[C@H]1C(=O)OC(C)(C)C. The second-order valence-corrected chi connectivity index (χ2v) is 13.2. The second kappa shape index (κ2) is 12.1. The number of fused-ring (bicyclic) bond motifs is 1. The molecule has 3 heterocycles. The lowest BCUT2D eigenvalue weighted by Gasteiger charge is -2.37. The largest absolute Gasteiger partial charge is 0.488 e. The number of ether oxygens (including phenoxy) is 3. The van der Waals surface area contributed by atoms with Crippen molar-refractivity contribution >= 4 is 22.4 Å². The molecule has 0 radical (unpaired) electrons. The van der Waals surface area contributed by atoms with Crippen molar-refractivity contribution in [3.05, 3.63) is 63.0 Å². The molecule has 2 aliphatic rings. The van der Waals surface area contributed by atoms with Gasteiger partial charge in [-0.1, -0.05) is 17.7 Å². The fraction of sp³-hybridized carbons (Fsp3) is 0.515. The van der Waals surface area contributed by atoms with Crippen LogP contribution in [0.4, 0.5) is 5.13 Å². The van der Waals surface area contributed by atoms with Gasteiger partial charge in [0.2, 0.25) is 0 Å². The van der Waals surface area contributed by atoms with E-state index in [4.69, 9.17) is 19.2 Å². The maximum atomic E-state index is 12.8. The van der Waals surface area contributed by atoms with E-state index in [-0.39, 0.29) is 18.0 Å². The molecule has 2 atom stereocenters. The number of carbonyl (C=O) groups excluding carboxylic acids is 1. The normalized spacial score (nSPS) is 19.1. The van der Waals surface area contributed by atoms with E-state index in [9.17, 15) is 4.79 Å². The van der Waals surface area contributed by atoms with E-state index in [0.717, 1.165) is 53.8 Å². The highest BCUT2D eigenvalue weighted by molar-refractivity contribution is 7.14. The molecular formula is C33H43N3O4S. The minimum Gasteiger partial charge on any atom is -0.488 e. The first-order chi connectivity index (χ1) is 19.5. The van der Waals surface area contributed by atoms with Crippen molar-refractivity contribution in [3.63, 3.8) is 0 Å².